The fourth-order valence-corrected chi connectivity index (χ4v) is 2.85. The molecule has 2 bridgehead atoms. The molecule has 1 aromatic rings. The smallest absolute Gasteiger partial charge is 0.171 e. The number of halogens is 1. The van der Waals surface area contributed by atoms with Gasteiger partial charge in [0.15, 0.2) is 11.0 Å². The molecule has 1 unspecified atom stereocenters. The van der Waals surface area contributed by atoms with Crippen LogP contribution in [0.3, 0.4) is 0 Å². The molecule has 0 aliphatic carbocycles. The lowest BCUT2D eigenvalue weighted by molar-refractivity contribution is 0.292. The van der Waals surface area contributed by atoms with E-state index >= 15 is 0 Å². The van der Waals surface area contributed by atoms with Crippen LogP contribution in [0, 0.1) is 0 Å². The number of likely N-dealkylation sites (N-methyl/N-ethyl adjacent to an activating group) is 1. The molecule has 3 rings (SSSR count). The van der Waals surface area contributed by atoms with Crippen molar-refractivity contribution in [3.8, 4) is 0 Å². The molecule has 0 radical (unpaired) electrons. The summed E-state index contributed by atoms with van der Waals surface area (Å²) in [4.78, 5) is 13.1. The van der Waals surface area contributed by atoms with Crippen molar-refractivity contribution in [3.05, 3.63) is 17.5 Å². The van der Waals surface area contributed by atoms with Crippen molar-refractivity contribution in [2.75, 3.05) is 25.0 Å². The first-order chi connectivity index (χ1) is 7.25. The van der Waals surface area contributed by atoms with Crippen molar-refractivity contribution < 1.29 is 0 Å². The van der Waals surface area contributed by atoms with Gasteiger partial charge in [-0.1, -0.05) is 11.6 Å². The van der Waals surface area contributed by atoms with Gasteiger partial charge in [-0.05, 0) is 13.5 Å². The van der Waals surface area contributed by atoms with Crippen LogP contribution in [-0.4, -0.2) is 47.1 Å². The number of aromatic nitrogens is 2. The van der Waals surface area contributed by atoms with Crippen LogP contribution in [0.5, 0.6) is 0 Å². The molecule has 2 fully saturated rings. The predicted octanol–water partition coefficient (Wildman–Crippen LogP) is 1.02. The number of likely N-dealkylation sites (tertiary alicyclic amines) is 1. The lowest BCUT2D eigenvalue weighted by Crippen LogP contribution is -2.45. The van der Waals surface area contributed by atoms with Crippen LogP contribution in [0.15, 0.2) is 12.4 Å². The lowest BCUT2D eigenvalue weighted by Gasteiger charge is -2.32. The number of fused-ring (bicyclic) bond motifs is 2. The Morgan fingerprint density at radius 3 is 2.67 bits per heavy atom. The molecule has 5 heteroatoms. The van der Waals surface area contributed by atoms with Gasteiger partial charge in [0.2, 0.25) is 0 Å². The van der Waals surface area contributed by atoms with Gasteiger partial charge in [0.1, 0.15) is 0 Å². The molecule has 0 amide bonds. The Balaban J connectivity index is 1.89. The zero-order valence-corrected chi connectivity index (χ0v) is 9.35. The van der Waals surface area contributed by atoms with E-state index in [9.17, 15) is 0 Å². The normalized spacial score (nSPS) is 30.1. The van der Waals surface area contributed by atoms with Crippen LogP contribution in [0.4, 0.5) is 5.82 Å². The second-order valence-electron chi connectivity index (χ2n) is 4.31. The molecule has 0 N–H and O–H groups in total. The topological polar surface area (TPSA) is 32.3 Å². The molecular weight excluding hydrogens is 212 g/mol. The summed E-state index contributed by atoms with van der Waals surface area (Å²) in [6, 6.07) is 1.22. The fourth-order valence-electron chi connectivity index (χ4n) is 2.63. The summed E-state index contributed by atoms with van der Waals surface area (Å²) in [6.07, 6.45) is 4.56. The van der Waals surface area contributed by atoms with Gasteiger partial charge in [-0.2, -0.15) is 0 Å². The number of hydrogen-bond acceptors (Lipinski definition) is 4. The van der Waals surface area contributed by atoms with Crippen molar-refractivity contribution in [2.45, 2.75) is 18.5 Å². The Morgan fingerprint density at radius 1 is 1.27 bits per heavy atom. The fraction of sp³-hybridized carbons (Fsp3) is 0.600. The first-order valence-electron chi connectivity index (χ1n) is 5.19. The van der Waals surface area contributed by atoms with Crippen molar-refractivity contribution in [1.82, 2.24) is 14.9 Å². The second-order valence-corrected chi connectivity index (χ2v) is 4.66. The molecule has 4 nitrogen and oxygen atoms in total. The maximum absolute atomic E-state index is 6.05. The van der Waals surface area contributed by atoms with Gasteiger partial charge in [0, 0.05) is 37.6 Å². The Labute approximate surface area is 93.9 Å². The molecule has 1 aromatic heterocycles. The largest absolute Gasteiger partial charge is 0.348 e. The molecule has 3 heterocycles. The number of piperazine rings is 1. The molecule has 0 aromatic carbocycles. The number of rotatable bonds is 1. The lowest BCUT2D eigenvalue weighted by atomic mass is 10.2. The third-order valence-corrected chi connectivity index (χ3v) is 3.69. The predicted molar refractivity (Wildman–Crippen MR) is 59.2 cm³/mol. The van der Waals surface area contributed by atoms with Crippen molar-refractivity contribution in [3.63, 3.8) is 0 Å². The molecule has 0 saturated carbocycles. The van der Waals surface area contributed by atoms with Crippen LogP contribution >= 0.6 is 11.6 Å². The van der Waals surface area contributed by atoms with Gasteiger partial charge in [-0.25, -0.2) is 9.97 Å². The second kappa shape index (κ2) is 3.32. The minimum Gasteiger partial charge on any atom is -0.348 e. The maximum atomic E-state index is 6.05. The molecule has 0 spiro atoms. The average Bonchev–Trinajstić information content (AvgIpc) is 2.77. The van der Waals surface area contributed by atoms with Gasteiger partial charge in [0.05, 0.1) is 0 Å². The van der Waals surface area contributed by atoms with Crippen LogP contribution in [0.25, 0.3) is 0 Å². The molecule has 2 aliphatic heterocycles. The van der Waals surface area contributed by atoms with E-state index in [0.717, 1.165) is 18.9 Å². The van der Waals surface area contributed by atoms with E-state index in [1.807, 2.05) is 0 Å². The summed E-state index contributed by atoms with van der Waals surface area (Å²) in [5, 5.41) is 0.521. The van der Waals surface area contributed by atoms with Gasteiger partial charge < -0.3 is 4.90 Å². The zero-order valence-electron chi connectivity index (χ0n) is 8.60. The van der Waals surface area contributed by atoms with Gasteiger partial charge in [-0.3, -0.25) is 4.90 Å². The molecular formula is C10H13ClN4. The maximum Gasteiger partial charge on any atom is 0.171 e. The standard InChI is InChI=1S/C10H13ClN4/c1-14-5-8-4-7(14)6-15(8)10-9(11)12-2-3-13-10/h2-3,7-8H,4-6H2,1H3/t7?,8-/m0/s1. The third kappa shape index (κ3) is 1.40. The average molecular weight is 225 g/mol. The minimum absolute atomic E-state index is 0.521. The third-order valence-electron chi connectivity index (χ3n) is 3.42. The first kappa shape index (κ1) is 9.36. The van der Waals surface area contributed by atoms with Gasteiger partial charge in [-0.15, -0.1) is 0 Å². The molecule has 2 atom stereocenters. The Morgan fingerprint density at radius 2 is 2.07 bits per heavy atom. The van der Waals surface area contributed by atoms with Crippen LogP contribution in [-0.2, 0) is 0 Å². The number of anilines is 1. The highest BCUT2D eigenvalue weighted by molar-refractivity contribution is 6.31. The molecule has 80 valence electrons. The van der Waals surface area contributed by atoms with E-state index in [0.29, 0.717) is 17.2 Å². The highest BCUT2D eigenvalue weighted by atomic mass is 35.5. The van der Waals surface area contributed by atoms with E-state index < -0.39 is 0 Å². The summed E-state index contributed by atoms with van der Waals surface area (Å²) in [7, 11) is 2.18. The van der Waals surface area contributed by atoms with E-state index in [4.69, 9.17) is 11.6 Å². The summed E-state index contributed by atoms with van der Waals surface area (Å²) in [5.41, 5.74) is 0. The highest BCUT2D eigenvalue weighted by Gasteiger charge is 2.42. The Bertz CT molecular complexity index is 381. The number of hydrogen-bond donors (Lipinski definition) is 0. The van der Waals surface area contributed by atoms with Crippen molar-refractivity contribution in [2.24, 2.45) is 0 Å². The number of nitrogens with zero attached hydrogens (tertiary/aromatic N) is 4. The monoisotopic (exact) mass is 224 g/mol. The summed E-state index contributed by atoms with van der Waals surface area (Å²) >= 11 is 6.05. The van der Waals surface area contributed by atoms with Crippen LogP contribution in [0.2, 0.25) is 5.15 Å². The van der Waals surface area contributed by atoms with E-state index in [-0.39, 0.29) is 0 Å². The Kier molecular flexibility index (Phi) is 2.07. The SMILES string of the molecule is CN1C[C@@H]2CC1CN2c1nccnc1Cl. The minimum atomic E-state index is 0.521. The quantitative estimate of drug-likeness (QED) is 0.713. The van der Waals surface area contributed by atoms with Gasteiger partial charge >= 0.3 is 0 Å². The summed E-state index contributed by atoms with van der Waals surface area (Å²) < 4.78 is 0. The molecule has 2 aliphatic rings. The van der Waals surface area contributed by atoms with E-state index in [1.165, 1.54) is 6.42 Å². The van der Waals surface area contributed by atoms with Crippen LogP contribution < -0.4 is 4.90 Å². The Hall–Kier alpha value is -0.870. The summed E-state index contributed by atoms with van der Waals surface area (Å²) in [5.74, 6) is 0.847. The van der Waals surface area contributed by atoms with Gasteiger partial charge in [0.25, 0.3) is 0 Å². The molecule has 2 saturated heterocycles. The van der Waals surface area contributed by atoms with E-state index in [1.54, 1.807) is 12.4 Å². The summed E-state index contributed by atoms with van der Waals surface area (Å²) in [6.45, 7) is 2.14. The zero-order chi connectivity index (χ0) is 10.4. The van der Waals surface area contributed by atoms with Crippen LogP contribution in [0.1, 0.15) is 6.42 Å². The van der Waals surface area contributed by atoms with Crippen molar-refractivity contribution in [1.29, 1.82) is 0 Å². The first-order valence-corrected chi connectivity index (χ1v) is 5.57. The van der Waals surface area contributed by atoms with E-state index in [2.05, 4.69) is 26.8 Å². The highest BCUT2D eigenvalue weighted by Crippen LogP contribution is 2.34. The molecule has 15 heavy (non-hydrogen) atoms. The van der Waals surface area contributed by atoms with Crippen molar-refractivity contribution >= 4 is 17.4 Å².